The molecule has 0 fully saturated rings. The summed E-state index contributed by atoms with van der Waals surface area (Å²) >= 11 is 1.90. The molecule has 270 valence electrons. The molecule has 0 spiro atoms. The number of fused-ring (bicyclic) bond motifs is 7. The maximum Gasteiger partial charge on any atom is 0.0361 e. The van der Waals surface area contributed by atoms with Crippen molar-refractivity contribution in [1.29, 1.82) is 0 Å². The molecule has 57 heavy (non-hydrogen) atoms. The van der Waals surface area contributed by atoms with E-state index < -0.39 is 0 Å². The van der Waals surface area contributed by atoms with Crippen molar-refractivity contribution >= 4 is 74.6 Å². The fraction of sp³-hybridized carbons (Fsp3) is 0.0714. The van der Waals surface area contributed by atoms with Gasteiger partial charge in [-0.2, -0.15) is 0 Å². The van der Waals surface area contributed by atoms with Crippen molar-refractivity contribution in [2.24, 2.45) is 0 Å². The van der Waals surface area contributed by atoms with Crippen molar-refractivity contribution in [2.75, 3.05) is 0 Å². The Kier molecular flexibility index (Phi) is 7.71. The second-order valence-corrected chi connectivity index (χ2v) is 16.8. The molecular formula is C56H40S. The van der Waals surface area contributed by atoms with Gasteiger partial charge in [-0.3, -0.25) is 0 Å². The fourth-order valence-electron chi connectivity index (χ4n) is 9.92. The first-order valence-corrected chi connectivity index (χ1v) is 20.7. The van der Waals surface area contributed by atoms with Crippen LogP contribution in [0.15, 0.2) is 170 Å². The summed E-state index contributed by atoms with van der Waals surface area (Å²) < 4.78 is 2.62. The maximum absolute atomic E-state index is 2.45. The van der Waals surface area contributed by atoms with Crippen LogP contribution in [0.25, 0.3) is 108 Å². The first kappa shape index (κ1) is 33.8. The van der Waals surface area contributed by atoms with Gasteiger partial charge in [-0.25, -0.2) is 0 Å². The molecule has 0 N–H and O–H groups in total. The first-order valence-electron chi connectivity index (χ1n) is 19.9. The van der Waals surface area contributed by atoms with Gasteiger partial charge in [0.2, 0.25) is 0 Å². The van der Waals surface area contributed by atoms with E-state index in [1.54, 1.807) is 0 Å². The highest BCUT2D eigenvalue weighted by atomic mass is 32.1. The minimum atomic E-state index is 1.26. The molecular weight excluding hydrogens is 705 g/mol. The predicted octanol–water partition coefficient (Wildman–Crippen LogP) is 16.6. The number of rotatable bonds is 4. The molecule has 0 atom stereocenters. The van der Waals surface area contributed by atoms with Crippen LogP contribution >= 0.6 is 11.3 Å². The fourth-order valence-corrected chi connectivity index (χ4v) is 11.0. The molecule has 0 radical (unpaired) electrons. The van der Waals surface area contributed by atoms with E-state index in [1.807, 2.05) is 11.3 Å². The smallest absolute Gasteiger partial charge is 0.0361 e. The van der Waals surface area contributed by atoms with E-state index in [0.29, 0.717) is 0 Å². The molecule has 0 aliphatic rings. The van der Waals surface area contributed by atoms with E-state index in [0.717, 1.165) is 0 Å². The molecule has 11 rings (SSSR count). The minimum Gasteiger partial charge on any atom is -0.135 e. The highest BCUT2D eigenvalue weighted by Gasteiger charge is 2.21. The van der Waals surface area contributed by atoms with Crippen molar-refractivity contribution in [2.45, 2.75) is 27.7 Å². The zero-order valence-electron chi connectivity index (χ0n) is 32.6. The Hall–Kier alpha value is -6.54. The summed E-state index contributed by atoms with van der Waals surface area (Å²) in [6.45, 7) is 8.97. The Morgan fingerprint density at radius 2 is 0.596 bits per heavy atom. The van der Waals surface area contributed by atoms with Crippen LogP contribution in [0.4, 0.5) is 0 Å². The largest absolute Gasteiger partial charge is 0.135 e. The molecule has 0 saturated heterocycles. The van der Waals surface area contributed by atoms with Crippen LogP contribution in [0.2, 0.25) is 0 Å². The van der Waals surface area contributed by atoms with Crippen LogP contribution in [-0.2, 0) is 0 Å². The molecule has 0 nitrogen and oxygen atoms in total. The number of benzene rings is 10. The zero-order chi connectivity index (χ0) is 38.4. The van der Waals surface area contributed by atoms with Crippen molar-refractivity contribution in [3.63, 3.8) is 0 Å². The molecule has 0 saturated carbocycles. The quantitative estimate of drug-likeness (QED) is 0.157. The highest BCUT2D eigenvalue weighted by Crippen LogP contribution is 2.49. The van der Waals surface area contributed by atoms with Crippen LogP contribution < -0.4 is 0 Å². The lowest BCUT2D eigenvalue weighted by Crippen LogP contribution is -1.94. The van der Waals surface area contributed by atoms with Crippen LogP contribution in [-0.4, -0.2) is 0 Å². The zero-order valence-corrected chi connectivity index (χ0v) is 33.4. The summed E-state index contributed by atoms with van der Waals surface area (Å²) in [5, 5.41) is 13.0. The van der Waals surface area contributed by atoms with Crippen molar-refractivity contribution in [3.05, 3.63) is 192 Å². The summed E-state index contributed by atoms with van der Waals surface area (Å²) in [6.07, 6.45) is 0. The average molecular weight is 745 g/mol. The van der Waals surface area contributed by atoms with Gasteiger partial charge in [0, 0.05) is 20.2 Å². The minimum absolute atomic E-state index is 1.26. The lowest BCUT2D eigenvalue weighted by molar-refractivity contribution is 1.39. The van der Waals surface area contributed by atoms with Gasteiger partial charge in [0.05, 0.1) is 0 Å². The predicted molar refractivity (Wildman–Crippen MR) is 250 cm³/mol. The van der Waals surface area contributed by atoms with E-state index in [2.05, 4.69) is 198 Å². The molecule has 1 heterocycles. The average Bonchev–Trinajstić information content (AvgIpc) is 3.60. The van der Waals surface area contributed by atoms with Gasteiger partial charge in [0.15, 0.2) is 0 Å². The second kappa shape index (κ2) is 13.0. The van der Waals surface area contributed by atoms with Crippen molar-refractivity contribution < 1.29 is 0 Å². The summed E-state index contributed by atoms with van der Waals surface area (Å²) in [5.41, 5.74) is 15.7. The number of aryl methyl sites for hydroxylation is 4. The first-order chi connectivity index (χ1) is 28.0. The Bertz CT molecular complexity index is 3290. The third-order valence-electron chi connectivity index (χ3n) is 12.4. The van der Waals surface area contributed by atoms with Crippen LogP contribution in [0.5, 0.6) is 0 Å². The van der Waals surface area contributed by atoms with Crippen molar-refractivity contribution in [3.8, 4) is 44.5 Å². The third kappa shape index (κ3) is 5.12. The Morgan fingerprint density at radius 1 is 0.246 bits per heavy atom. The Morgan fingerprint density at radius 3 is 1.00 bits per heavy atom. The summed E-state index contributed by atoms with van der Waals surface area (Å²) in [6, 6.07) is 63.7. The Balaban J connectivity index is 1.13. The molecule has 0 amide bonds. The van der Waals surface area contributed by atoms with Gasteiger partial charge in [-0.15, -0.1) is 11.3 Å². The van der Waals surface area contributed by atoms with E-state index in [9.17, 15) is 0 Å². The molecule has 1 heteroatoms. The highest BCUT2D eigenvalue weighted by molar-refractivity contribution is 7.25. The van der Waals surface area contributed by atoms with Crippen molar-refractivity contribution in [1.82, 2.24) is 0 Å². The molecule has 0 aliphatic heterocycles. The SMILES string of the molecule is Cc1cccc(C)c1-c1c2ccccc2c(-c2ccc3c(c2)sc2ccc(-c4c5ccccc5c(-c5c(C)cccc5C)c5ccccc45)cc23)c2ccccc12. The lowest BCUT2D eigenvalue weighted by atomic mass is 9.83. The molecule has 1 aromatic heterocycles. The van der Waals surface area contributed by atoms with Crippen LogP contribution in [0.3, 0.4) is 0 Å². The molecule has 11 aromatic rings. The van der Waals surface area contributed by atoms with E-state index in [1.165, 1.54) is 130 Å². The monoisotopic (exact) mass is 744 g/mol. The van der Waals surface area contributed by atoms with Gasteiger partial charge in [0.25, 0.3) is 0 Å². The van der Waals surface area contributed by atoms with Crippen LogP contribution in [0.1, 0.15) is 22.3 Å². The standard InChI is InChI=1S/C56H40S/c1-33-15-13-16-34(2)51(33)55-44-23-9-5-19-40(44)53(41-20-6-10-24-45(41)55)37-28-30-49-48(31-37)39-29-27-38(32-50(39)57-49)54-42-21-7-11-25-46(42)56(47-26-12-8-22-43(47)54)52-35(3)17-14-18-36(52)4/h5-32H,1-4H3. The number of thiophene rings is 1. The normalized spacial score (nSPS) is 11.9. The number of hydrogen-bond donors (Lipinski definition) is 0. The topological polar surface area (TPSA) is 0 Å². The lowest BCUT2D eigenvalue weighted by Gasteiger charge is -2.20. The van der Waals surface area contributed by atoms with Gasteiger partial charge in [-0.1, -0.05) is 152 Å². The molecule has 10 aromatic carbocycles. The molecule has 0 unspecified atom stereocenters. The molecule has 0 bridgehead atoms. The van der Waals surface area contributed by atoms with Gasteiger partial charge in [0.1, 0.15) is 0 Å². The Labute approximate surface area is 337 Å². The van der Waals surface area contributed by atoms with E-state index in [-0.39, 0.29) is 0 Å². The van der Waals surface area contributed by atoms with E-state index >= 15 is 0 Å². The van der Waals surface area contributed by atoms with Gasteiger partial charge < -0.3 is 0 Å². The second-order valence-electron chi connectivity index (χ2n) is 15.7. The molecule has 0 aliphatic carbocycles. The van der Waals surface area contributed by atoms with Crippen LogP contribution in [0, 0.1) is 27.7 Å². The number of hydrogen-bond acceptors (Lipinski definition) is 1. The van der Waals surface area contributed by atoms with E-state index in [4.69, 9.17) is 0 Å². The summed E-state index contributed by atoms with van der Waals surface area (Å²) in [7, 11) is 0. The van der Waals surface area contributed by atoms with Gasteiger partial charge >= 0.3 is 0 Å². The third-order valence-corrected chi connectivity index (χ3v) is 13.5. The summed E-state index contributed by atoms with van der Waals surface area (Å²) in [5.74, 6) is 0. The maximum atomic E-state index is 2.45. The van der Waals surface area contributed by atoms with Gasteiger partial charge in [-0.05, 0) is 156 Å². The summed E-state index contributed by atoms with van der Waals surface area (Å²) in [4.78, 5) is 0.